The molecule has 2 atom stereocenters. The predicted molar refractivity (Wildman–Crippen MR) is 63.1 cm³/mol. The van der Waals surface area contributed by atoms with E-state index in [1.165, 1.54) is 11.1 Å². The molecule has 4 heteroatoms. The van der Waals surface area contributed by atoms with E-state index < -0.39 is 6.23 Å². The van der Waals surface area contributed by atoms with Crippen LogP contribution in [0.25, 0.3) is 0 Å². The molecule has 1 spiro atoms. The third-order valence-electron chi connectivity index (χ3n) is 3.46. The maximum absolute atomic E-state index is 10.7. The molecule has 2 aliphatic rings. The average molecular weight is 282 g/mol. The summed E-state index contributed by atoms with van der Waals surface area (Å²) in [7, 11) is 0. The van der Waals surface area contributed by atoms with Gasteiger partial charge in [0.1, 0.15) is 0 Å². The van der Waals surface area contributed by atoms with Crippen molar-refractivity contribution in [2.75, 3.05) is 6.61 Å². The van der Waals surface area contributed by atoms with E-state index in [9.17, 15) is 4.79 Å². The first kappa shape index (κ1) is 10.4. The Morgan fingerprint density at radius 3 is 3.19 bits per heavy atom. The number of hydrogen-bond donors (Lipinski definition) is 1. The molecule has 2 unspecified atom stereocenters. The molecule has 1 heterocycles. The molecule has 1 saturated heterocycles. The molecule has 1 N–H and O–H groups in total. The van der Waals surface area contributed by atoms with Crippen molar-refractivity contribution in [2.24, 2.45) is 0 Å². The average Bonchev–Trinajstić information content (AvgIpc) is 2.85. The number of rotatable bonds is 1. The van der Waals surface area contributed by atoms with Crippen LogP contribution in [0.5, 0.6) is 0 Å². The van der Waals surface area contributed by atoms with Crippen LogP contribution in [0, 0.1) is 0 Å². The summed E-state index contributed by atoms with van der Waals surface area (Å²) in [5, 5.41) is 3.29. The van der Waals surface area contributed by atoms with Crippen molar-refractivity contribution in [1.29, 1.82) is 0 Å². The number of fused-ring (bicyclic) bond motifs is 2. The summed E-state index contributed by atoms with van der Waals surface area (Å²) < 4.78 is 6.54. The number of carbonyl (C=O) groups excluding carboxylic acids is 1. The quantitative estimate of drug-likeness (QED) is 0.797. The van der Waals surface area contributed by atoms with Crippen LogP contribution in [0.4, 0.5) is 0 Å². The minimum absolute atomic E-state index is 0.137. The largest absolute Gasteiger partial charge is 0.354 e. The molecule has 1 aliphatic carbocycles. The van der Waals surface area contributed by atoms with Gasteiger partial charge < -0.3 is 4.74 Å². The molecule has 0 radical (unpaired) electrons. The molecule has 3 rings (SSSR count). The number of hydrogen-bond acceptors (Lipinski definition) is 3. The number of aldehydes is 1. The summed E-state index contributed by atoms with van der Waals surface area (Å²) in [6.07, 6.45) is 2.42. The molecule has 1 aromatic rings. The van der Waals surface area contributed by atoms with Crippen LogP contribution in [0.2, 0.25) is 0 Å². The smallest absolute Gasteiger partial charge is 0.165 e. The Balaban J connectivity index is 2.00. The standard InChI is InChI=1S/C12H12BrNO2/c13-9-1-2-10-8(5-9)3-4-12(10)7-16-11(6-15)14-12/h1-2,5-6,11,14H,3-4,7H2. The van der Waals surface area contributed by atoms with Gasteiger partial charge in [0.15, 0.2) is 12.5 Å². The Morgan fingerprint density at radius 2 is 2.44 bits per heavy atom. The lowest BCUT2D eigenvalue weighted by Gasteiger charge is -2.23. The molecular formula is C12H12BrNO2. The van der Waals surface area contributed by atoms with Gasteiger partial charge in [0, 0.05) is 4.47 Å². The number of ether oxygens (including phenoxy) is 1. The van der Waals surface area contributed by atoms with E-state index in [1.54, 1.807) is 0 Å². The normalized spacial score (nSPS) is 31.9. The van der Waals surface area contributed by atoms with Crippen LogP contribution in [-0.4, -0.2) is 19.1 Å². The van der Waals surface area contributed by atoms with E-state index in [4.69, 9.17) is 4.74 Å². The van der Waals surface area contributed by atoms with Crippen molar-refractivity contribution in [2.45, 2.75) is 24.6 Å². The van der Waals surface area contributed by atoms with Crippen LogP contribution in [0.15, 0.2) is 22.7 Å². The lowest BCUT2D eigenvalue weighted by Crippen LogP contribution is -2.40. The van der Waals surface area contributed by atoms with Crippen LogP contribution < -0.4 is 5.32 Å². The molecule has 0 saturated carbocycles. The zero-order valence-electron chi connectivity index (χ0n) is 8.70. The van der Waals surface area contributed by atoms with E-state index in [0.29, 0.717) is 6.61 Å². The van der Waals surface area contributed by atoms with Gasteiger partial charge in [0.2, 0.25) is 0 Å². The lowest BCUT2D eigenvalue weighted by molar-refractivity contribution is -0.116. The van der Waals surface area contributed by atoms with E-state index in [-0.39, 0.29) is 5.54 Å². The van der Waals surface area contributed by atoms with Gasteiger partial charge in [-0.3, -0.25) is 10.1 Å². The zero-order chi connectivity index (χ0) is 11.2. The molecular weight excluding hydrogens is 270 g/mol. The van der Waals surface area contributed by atoms with Gasteiger partial charge in [-0.1, -0.05) is 22.0 Å². The maximum Gasteiger partial charge on any atom is 0.165 e. The Hall–Kier alpha value is -0.710. The highest BCUT2D eigenvalue weighted by molar-refractivity contribution is 9.10. The third kappa shape index (κ3) is 1.44. The molecule has 0 amide bonds. The number of aryl methyl sites for hydroxylation is 1. The Labute approximate surface area is 102 Å². The second kappa shape index (κ2) is 3.65. The van der Waals surface area contributed by atoms with Crippen molar-refractivity contribution >= 4 is 22.2 Å². The third-order valence-corrected chi connectivity index (χ3v) is 3.95. The minimum Gasteiger partial charge on any atom is -0.354 e. The van der Waals surface area contributed by atoms with E-state index >= 15 is 0 Å². The number of nitrogens with one attached hydrogen (secondary N) is 1. The van der Waals surface area contributed by atoms with Crippen LogP contribution in [0.3, 0.4) is 0 Å². The maximum atomic E-state index is 10.7. The molecule has 1 aromatic carbocycles. The predicted octanol–water partition coefficient (Wildman–Crippen LogP) is 1.74. The number of benzene rings is 1. The van der Waals surface area contributed by atoms with Gasteiger partial charge in [-0.2, -0.15) is 0 Å². The first-order valence-corrected chi connectivity index (χ1v) is 6.16. The van der Waals surface area contributed by atoms with Gasteiger partial charge in [-0.05, 0) is 36.1 Å². The highest BCUT2D eigenvalue weighted by Gasteiger charge is 2.45. The highest BCUT2D eigenvalue weighted by Crippen LogP contribution is 2.41. The Kier molecular flexibility index (Phi) is 2.38. The summed E-state index contributed by atoms with van der Waals surface area (Å²) >= 11 is 3.48. The van der Waals surface area contributed by atoms with Crippen molar-refractivity contribution < 1.29 is 9.53 Å². The van der Waals surface area contributed by atoms with Gasteiger partial charge >= 0.3 is 0 Å². The lowest BCUT2D eigenvalue weighted by atomic mass is 9.93. The molecule has 0 bridgehead atoms. The second-order valence-electron chi connectivity index (χ2n) is 4.40. The SMILES string of the molecule is O=CC1NC2(CCc3cc(Br)ccc32)CO1. The first-order valence-electron chi connectivity index (χ1n) is 5.37. The summed E-state index contributed by atoms with van der Waals surface area (Å²) in [6, 6.07) is 6.32. The molecule has 16 heavy (non-hydrogen) atoms. The fraction of sp³-hybridized carbons (Fsp3) is 0.417. The molecule has 3 nitrogen and oxygen atoms in total. The van der Waals surface area contributed by atoms with E-state index in [0.717, 1.165) is 23.6 Å². The summed E-state index contributed by atoms with van der Waals surface area (Å²) in [5.41, 5.74) is 2.48. The molecule has 1 fully saturated rings. The topological polar surface area (TPSA) is 38.3 Å². The van der Waals surface area contributed by atoms with Gasteiger partial charge in [0.25, 0.3) is 0 Å². The summed E-state index contributed by atoms with van der Waals surface area (Å²) in [5.74, 6) is 0. The van der Waals surface area contributed by atoms with E-state index in [1.807, 2.05) is 6.07 Å². The van der Waals surface area contributed by atoms with Gasteiger partial charge in [-0.15, -0.1) is 0 Å². The molecule has 0 aromatic heterocycles. The van der Waals surface area contributed by atoms with Crippen molar-refractivity contribution in [3.63, 3.8) is 0 Å². The van der Waals surface area contributed by atoms with Crippen molar-refractivity contribution in [1.82, 2.24) is 5.32 Å². The Bertz CT molecular complexity index is 449. The van der Waals surface area contributed by atoms with Gasteiger partial charge in [0.05, 0.1) is 12.1 Å². The summed E-state index contributed by atoms with van der Waals surface area (Å²) in [4.78, 5) is 10.7. The molecule has 84 valence electrons. The molecule has 1 aliphatic heterocycles. The monoisotopic (exact) mass is 281 g/mol. The second-order valence-corrected chi connectivity index (χ2v) is 5.31. The van der Waals surface area contributed by atoms with Crippen LogP contribution >= 0.6 is 15.9 Å². The summed E-state index contributed by atoms with van der Waals surface area (Å²) in [6.45, 7) is 0.588. The van der Waals surface area contributed by atoms with Crippen molar-refractivity contribution in [3.05, 3.63) is 33.8 Å². The fourth-order valence-electron chi connectivity index (χ4n) is 2.68. The van der Waals surface area contributed by atoms with Gasteiger partial charge in [-0.25, -0.2) is 0 Å². The number of halogens is 1. The fourth-order valence-corrected chi connectivity index (χ4v) is 3.09. The van der Waals surface area contributed by atoms with Crippen LogP contribution in [0.1, 0.15) is 17.5 Å². The minimum atomic E-state index is -0.449. The van der Waals surface area contributed by atoms with E-state index in [2.05, 4.69) is 33.4 Å². The Morgan fingerprint density at radius 1 is 1.56 bits per heavy atom. The van der Waals surface area contributed by atoms with Crippen LogP contribution in [-0.2, 0) is 21.5 Å². The zero-order valence-corrected chi connectivity index (χ0v) is 10.3. The first-order chi connectivity index (χ1) is 7.73. The van der Waals surface area contributed by atoms with Crippen molar-refractivity contribution in [3.8, 4) is 0 Å². The highest BCUT2D eigenvalue weighted by atomic mass is 79.9. The number of carbonyl (C=O) groups is 1.